The zero-order valence-corrected chi connectivity index (χ0v) is 15.1. The normalized spacial score (nSPS) is 10.6. The van der Waals surface area contributed by atoms with Crippen LogP contribution in [0.4, 0.5) is 17.5 Å². The van der Waals surface area contributed by atoms with Crippen LogP contribution in [0.2, 0.25) is 0 Å². The molecule has 4 aromatic rings. The SMILES string of the molecule is Cc1cc(Nc2cc(-c3ccccc3)cc(-c3ccccc3)c2)nc(N)n1. The molecule has 1 aromatic heterocycles. The maximum Gasteiger partial charge on any atom is 0.222 e. The number of nitrogens with zero attached hydrogens (tertiary/aromatic N) is 2. The number of aromatic nitrogens is 2. The van der Waals surface area contributed by atoms with Crippen LogP contribution < -0.4 is 11.1 Å². The van der Waals surface area contributed by atoms with E-state index >= 15 is 0 Å². The third kappa shape index (κ3) is 3.96. The third-order valence-electron chi connectivity index (χ3n) is 4.29. The molecule has 3 aromatic carbocycles. The lowest BCUT2D eigenvalue weighted by Crippen LogP contribution is -2.01. The molecule has 4 nitrogen and oxygen atoms in total. The van der Waals surface area contributed by atoms with Gasteiger partial charge >= 0.3 is 0 Å². The minimum Gasteiger partial charge on any atom is -0.368 e. The number of nitrogens with one attached hydrogen (secondary N) is 1. The summed E-state index contributed by atoms with van der Waals surface area (Å²) in [4.78, 5) is 8.42. The number of nitrogen functional groups attached to an aromatic ring is 1. The van der Waals surface area contributed by atoms with Gasteiger partial charge < -0.3 is 11.1 Å². The van der Waals surface area contributed by atoms with Crippen molar-refractivity contribution in [2.75, 3.05) is 11.1 Å². The van der Waals surface area contributed by atoms with Gasteiger partial charge in [-0.15, -0.1) is 0 Å². The maximum absolute atomic E-state index is 5.79. The van der Waals surface area contributed by atoms with Crippen LogP contribution in [-0.2, 0) is 0 Å². The van der Waals surface area contributed by atoms with E-state index in [1.165, 1.54) is 0 Å². The van der Waals surface area contributed by atoms with Crippen LogP contribution >= 0.6 is 0 Å². The molecule has 0 aliphatic carbocycles. The van der Waals surface area contributed by atoms with Gasteiger partial charge in [0.1, 0.15) is 5.82 Å². The molecule has 3 N–H and O–H groups in total. The largest absolute Gasteiger partial charge is 0.368 e. The molecule has 0 saturated carbocycles. The Hall–Kier alpha value is -3.66. The molecular weight excluding hydrogens is 332 g/mol. The summed E-state index contributed by atoms with van der Waals surface area (Å²) in [6.45, 7) is 1.90. The number of aryl methyl sites for hydroxylation is 1. The number of rotatable bonds is 4. The Bertz CT molecular complexity index is 982. The lowest BCUT2D eigenvalue weighted by Gasteiger charge is -2.13. The third-order valence-corrected chi connectivity index (χ3v) is 4.29. The van der Waals surface area contributed by atoms with Gasteiger partial charge in [0.15, 0.2) is 0 Å². The summed E-state index contributed by atoms with van der Waals surface area (Å²) in [5.74, 6) is 0.948. The van der Waals surface area contributed by atoms with Gasteiger partial charge in [0.05, 0.1) is 0 Å². The second-order valence-corrected chi connectivity index (χ2v) is 6.41. The number of benzene rings is 3. The summed E-state index contributed by atoms with van der Waals surface area (Å²) in [5.41, 5.74) is 12.2. The summed E-state index contributed by atoms with van der Waals surface area (Å²) in [5, 5.41) is 3.37. The van der Waals surface area contributed by atoms with Gasteiger partial charge in [-0.3, -0.25) is 0 Å². The molecule has 0 unspecified atom stereocenters. The second kappa shape index (κ2) is 7.30. The number of anilines is 3. The highest BCUT2D eigenvalue weighted by atomic mass is 15.1. The van der Waals surface area contributed by atoms with Crippen LogP contribution in [0.25, 0.3) is 22.3 Å². The number of hydrogen-bond acceptors (Lipinski definition) is 4. The van der Waals surface area contributed by atoms with E-state index in [0.29, 0.717) is 5.82 Å². The molecule has 132 valence electrons. The van der Waals surface area contributed by atoms with E-state index in [1.54, 1.807) is 0 Å². The van der Waals surface area contributed by atoms with Gasteiger partial charge in [-0.2, -0.15) is 4.98 Å². The van der Waals surface area contributed by atoms with Gasteiger partial charge in [0.25, 0.3) is 0 Å². The molecule has 0 radical (unpaired) electrons. The van der Waals surface area contributed by atoms with Crippen molar-refractivity contribution in [3.05, 3.63) is 90.6 Å². The molecule has 0 spiro atoms. The monoisotopic (exact) mass is 352 g/mol. The lowest BCUT2D eigenvalue weighted by atomic mass is 9.98. The van der Waals surface area contributed by atoms with E-state index in [2.05, 4.69) is 57.7 Å². The highest BCUT2D eigenvalue weighted by molar-refractivity contribution is 5.79. The predicted octanol–water partition coefficient (Wildman–Crippen LogP) is 5.44. The Morgan fingerprint density at radius 3 is 1.74 bits per heavy atom. The topological polar surface area (TPSA) is 63.8 Å². The van der Waals surface area contributed by atoms with Gasteiger partial charge in [0.2, 0.25) is 5.95 Å². The van der Waals surface area contributed by atoms with Crippen molar-refractivity contribution in [2.45, 2.75) is 6.92 Å². The van der Waals surface area contributed by atoms with E-state index in [0.717, 1.165) is 33.6 Å². The lowest BCUT2D eigenvalue weighted by molar-refractivity contribution is 1.12. The minimum atomic E-state index is 0.264. The zero-order valence-electron chi connectivity index (χ0n) is 15.1. The molecule has 0 fully saturated rings. The first kappa shape index (κ1) is 16.8. The zero-order chi connectivity index (χ0) is 18.6. The van der Waals surface area contributed by atoms with Crippen LogP contribution in [0, 0.1) is 6.92 Å². The van der Waals surface area contributed by atoms with Crippen LogP contribution in [0.15, 0.2) is 84.9 Å². The Morgan fingerprint density at radius 1 is 0.667 bits per heavy atom. The molecule has 0 bridgehead atoms. The van der Waals surface area contributed by atoms with E-state index in [1.807, 2.05) is 49.4 Å². The van der Waals surface area contributed by atoms with Gasteiger partial charge in [-0.25, -0.2) is 4.98 Å². The minimum absolute atomic E-state index is 0.264. The molecule has 27 heavy (non-hydrogen) atoms. The standard InChI is InChI=1S/C23H20N4/c1-16-12-22(27-23(24)25-16)26-21-14-19(17-8-4-2-5-9-17)13-20(15-21)18-10-6-3-7-11-18/h2-15H,1H3,(H3,24,25,26,27). The number of nitrogens with two attached hydrogens (primary N) is 1. The Morgan fingerprint density at radius 2 is 1.22 bits per heavy atom. The number of hydrogen-bond donors (Lipinski definition) is 2. The summed E-state index contributed by atoms with van der Waals surface area (Å²) in [7, 11) is 0. The molecule has 0 aliphatic heterocycles. The summed E-state index contributed by atoms with van der Waals surface area (Å²) >= 11 is 0. The molecular formula is C23H20N4. The van der Waals surface area contributed by atoms with Gasteiger partial charge in [-0.05, 0) is 47.4 Å². The highest BCUT2D eigenvalue weighted by Gasteiger charge is 2.07. The summed E-state index contributed by atoms with van der Waals surface area (Å²) in [6, 6.07) is 29.0. The van der Waals surface area contributed by atoms with Crippen LogP contribution in [-0.4, -0.2) is 9.97 Å². The van der Waals surface area contributed by atoms with E-state index in [4.69, 9.17) is 5.73 Å². The van der Waals surface area contributed by atoms with Crippen molar-refractivity contribution in [1.82, 2.24) is 9.97 Å². The predicted molar refractivity (Wildman–Crippen MR) is 112 cm³/mol. The molecule has 0 saturated heterocycles. The molecule has 0 aliphatic rings. The fraction of sp³-hybridized carbons (Fsp3) is 0.0435. The van der Waals surface area contributed by atoms with Crippen molar-refractivity contribution in [1.29, 1.82) is 0 Å². The Labute approximate surface area is 158 Å². The van der Waals surface area contributed by atoms with Crippen LogP contribution in [0.5, 0.6) is 0 Å². The van der Waals surface area contributed by atoms with Crippen LogP contribution in [0.3, 0.4) is 0 Å². The van der Waals surface area contributed by atoms with E-state index < -0.39 is 0 Å². The Balaban J connectivity index is 1.80. The highest BCUT2D eigenvalue weighted by Crippen LogP contribution is 2.31. The summed E-state index contributed by atoms with van der Waals surface area (Å²) in [6.07, 6.45) is 0. The quantitative estimate of drug-likeness (QED) is 0.513. The average Bonchev–Trinajstić information content (AvgIpc) is 2.68. The van der Waals surface area contributed by atoms with E-state index in [9.17, 15) is 0 Å². The second-order valence-electron chi connectivity index (χ2n) is 6.41. The van der Waals surface area contributed by atoms with Crippen molar-refractivity contribution in [3.63, 3.8) is 0 Å². The van der Waals surface area contributed by atoms with Gasteiger partial charge in [-0.1, -0.05) is 60.7 Å². The van der Waals surface area contributed by atoms with Crippen molar-refractivity contribution >= 4 is 17.5 Å². The first-order chi connectivity index (χ1) is 13.2. The first-order valence-corrected chi connectivity index (χ1v) is 8.81. The van der Waals surface area contributed by atoms with Crippen LogP contribution in [0.1, 0.15) is 5.69 Å². The fourth-order valence-electron chi connectivity index (χ4n) is 3.10. The maximum atomic E-state index is 5.79. The molecule has 4 rings (SSSR count). The van der Waals surface area contributed by atoms with Gasteiger partial charge in [0, 0.05) is 17.4 Å². The summed E-state index contributed by atoms with van der Waals surface area (Å²) < 4.78 is 0. The van der Waals surface area contributed by atoms with E-state index in [-0.39, 0.29) is 5.95 Å². The Kier molecular flexibility index (Phi) is 4.54. The van der Waals surface area contributed by atoms with Crippen molar-refractivity contribution in [2.24, 2.45) is 0 Å². The van der Waals surface area contributed by atoms with Crippen molar-refractivity contribution < 1.29 is 0 Å². The molecule has 0 atom stereocenters. The average molecular weight is 352 g/mol. The first-order valence-electron chi connectivity index (χ1n) is 8.81. The molecule has 1 heterocycles. The molecule has 0 amide bonds. The smallest absolute Gasteiger partial charge is 0.222 e. The molecule has 4 heteroatoms. The van der Waals surface area contributed by atoms with Crippen molar-refractivity contribution in [3.8, 4) is 22.3 Å². The fourth-order valence-corrected chi connectivity index (χ4v) is 3.10.